The third-order valence-electron chi connectivity index (χ3n) is 3.84. The molecule has 0 spiro atoms. The molecule has 0 atom stereocenters. The lowest BCUT2D eigenvalue weighted by Crippen LogP contribution is -2.25. The van der Waals surface area contributed by atoms with Crippen LogP contribution in [0, 0.1) is 0 Å². The van der Waals surface area contributed by atoms with E-state index in [-0.39, 0.29) is 12.0 Å². The first-order chi connectivity index (χ1) is 8.10. The summed E-state index contributed by atoms with van der Waals surface area (Å²) in [5, 5.41) is 9.54. The zero-order valence-electron chi connectivity index (χ0n) is 11.0. The number of rotatable bonds is 3. The molecule has 0 saturated carbocycles. The van der Waals surface area contributed by atoms with Gasteiger partial charge in [0, 0.05) is 5.41 Å². The second-order valence-electron chi connectivity index (χ2n) is 5.52. The van der Waals surface area contributed by atoms with E-state index in [0.29, 0.717) is 0 Å². The molecule has 0 bridgehead atoms. The average molecular weight is 234 g/mol. The highest BCUT2D eigenvalue weighted by atomic mass is 16.5. The molecule has 17 heavy (non-hydrogen) atoms. The van der Waals surface area contributed by atoms with E-state index in [0.717, 1.165) is 18.6 Å². The van der Waals surface area contributed by atoms with Gasteiger partial charge < -0.3 is 9.84 Å². The summed E-state index contributed by atoms with van der Waals surface area (Å²) in [6, 6.07) is 4.18. The third-order valence-corrected chi connectivity index (χ3v) is 3.84. The number of methoxy groups -OCH3 is 1. The summed E-state index contributed by atoms with van der Waals surface area (Å²) in [4.78, 5) is 0. The van der Waals surface area contributed by atoms with Gasteiger partial charge in [-0.25, -0.2) is 0 Å². The highest BCUT2D eigenvalue weighted by molar-refractivity contribution is 5.49. The summed E-state index contributed by atoms with van der Waals surface area (Å²) in [5.41, 5.74) is 3.90. The number of hydrogen-bond donors (Lipinski definition) is 1. The molecule has 0 fully saturated rings. The van der Waals surface area contributed by atoms with E-state index in [2.05, 4.69) is 26.0 Å². The predicted molar refractivity (Wildman–Crippen MR) is 69.7 cm³/mol. The van der Waals surface area contributed by atoms with Crippen LogP contribution in [-0.4, -0.2) is 18.8 Å². The average Bonchev–Trinajstić information content (AvgIpc) is 2.37. The van der Waals surface area contributed by atoms with Gasteiger partial charge in [-0.15, -0.1) is 0 Å². The topological polar surface area (TPSA) is 29.5 Å². The van der Waals surface area contributed by atoms with Gasteiger partial charge in [-0.3, -0.25) is 0 Å². The Morgan fingerprint density at radius 2 is 1.82 bits per heavy atom. The molecule has 2 nitrogen and oxygen atoms in total. The minimum Gasteiger partial charge on any atom is -0.496 e. The molecule has 0 amide bonds. The van der Waals surface area contributed by atoms with Crippen LogP contribution < -0.4 is 4.74 Å². The van der Waals surface area contributed by atoms with Gasteiger partial charge in [0.1, 0.15) is 5.75 Å². The first-order valence-corrected chi connectivity index (χ1v) is 6.40. The van der Waals surface area contributed by atoms with Crippen LogP contribution in [-0.2, 0) is 18.3 Å². The van der Waals surface area contributed by atoms with Crippen LogP contribution in [0.4, 0.5) is 0 Å². The SMILES string of the molecule is COc1ccc(C(C)(C)CO)c2c1CCCC2. The van der Waals surface area contributed by atoms with Crippen LogP contribution in [0.2, 0.25) is 0 Å². The molecule has 0 radical (unpaired) electrons. The first kappa shape index (κ1) is 12.4. The van der Waals surface area contributed by atoms with Crippen LogP contribution >= 0.6 is 0 Å². The van der Waals surface area contributed by atoms with Crippen molar-refractivity contribution in [2.24, 2.45) is 0 Å². The van der Waals surface area contributed by atoms with Crippen LogP contribution in [0.25, 0.3) is 0 Å². The monoisotopic (exact) mass is 234 g/mol. The van der Waals surface area contributed by atoms with Crippen molar-refractivity contribution in [2.45, 2.75) is 44.9 Å². The van der Waals surface area contributed by atoms with E-state index in [1.807, 2.05) is 0 Å². The Hall–Kier alpha value is -1.02. The second-order valence-corrected chi connectivity index (χ2v) is 5.52. The Labute approximate surface area is 104 Å². The number of aliphatic hydroxyl groups excluding tert-OH is 1. The summed E-state index contributed by atoms with van der Waals surface area (Å²) in [7, 11) is 1.74. The Bertz CT molecular complexity index is 408. The molecule has 94 valence electrons. The molecular formula is C15H22O2. The zero-order valence-corrected chi connectivity index (χ0v) is 11.0. The van der Waals surface area contributed by atoms with Crippen LogP contribution in [0.5, 0.6) is 5.75 Å². The largest absolute Gasteiger partial charge is 0.496 e. The van der Waals surface area contributed by atoms with Crippen LogP contribution in [0.15, 0.2) is 12.1 Å². The molecule has 1 aliphatic rings. The summed E-state index contributed by atoms with van der Waals surface area (Å²) in [6.07, 6.45) is 4.71. The van der Waals surface area contributed by atoms with Gasteiger partial charge in [-0.1, -0.05) is 19.9 Å². The minimum absolute atomic E-state index is 0.159. The molecule has 1 aromatic rings. The van der Waals surface area contributed by atoms with Gasteiger partial charge in [0.25, 0.3) is 0 Å². The molecular weight excluding hydrogens is 212 g/mol. The zero-order chi connectivity index (χ0) is 12.5. The minimum atomic E-state index is -0.159. The standard InChI is InChI=1S/C15H22O2/c1-15(2,10-16)13-8-9-14(17-3)12-7-5-4-6-11(12)13/h8-9,16H,4-7,10H2,1-3H3. The van der Waals surface area contributed by atoms with E-state index in [1.54, 1.807) is 7.11 Å². The van der Waals surface area contributed by atoms with Gasteiger partial charge in [-0.05, 0) is 48.4 Å². The third kappa shape index (κ3) is 2.19. The summed E-state index contributed by atoms with van der Waals surface area (Å²) >= 11 is 0. The lowest BCUT2D eigenvalue weighted by atomic mass is 9.77. The molecule has 1 aromatic carbocycles. The molecule has 2 heteroatoms. The fourth-order valence-electron chi connectivity index (χ4n) is 2.75. The highest BCUT2D eigenvalue weighted by Gasteiger charge is 2.26. The Kier molecular flexibility index (Phi) is 3.43. The van der Waals surface area contributed by atoms with Gasteiger partial charge in [0.2, 0.25) is 0 Å². The maximum atomic E-state index is 9.54. The summed E-state index contributed by atoms with van der Waals surface area (Å²) in [6.45, 7) is 4.39. The number of benzene rings is 1. The molecule has 0 saturated heterocycles. The fourth-order valence-corrected chi connectivity index (χ4v) is 2.75. The normalized spacial score (nSPS) is 15.5. The fraction of sp³-hybridized carbons (Fsp3) is 0.600. The molecule has 2 rings (SSSR count). The second kappa shape index (κ2) is 4.69. The molecule has 1 N–H and O–H groups in total. The molecule has 1 aliphatic carbocycles. The van der Waals surface area contributed by atoms with Crippen molar-refractivity contribution in [3.8, 4) is 5.75 Å². The van der Waals surface area contributed by atoms with Gasteiger partial charge in [-0.2, -0.15) is 0 Å². The van der Waals surface area contributed by atoms with Crippen molar-refractivity contribution in [1.29, 1.82) is 0 Å². The van der Waals surface area contributed by atoms with Gasteiger partial charge in [0.15, 0.2) is 0 Å². The number of fused-ring (bicyclic) bond motifs is 1. The molecule has 0 unspecified atom stereocenters. The van der Waals surface area contributed by atoms with Crippen molar-refractivity contribution in [3.05, 3.63) is 28.8 Å². The number of ether oxygens (including phenoxy) is 1. The van der Waals surface area contributed by atoms with Crippen molar-refractivity contribution in [3.63, 3.8) is 0 Å². The lowest BCUT2D eigenvalue weighted by molar-refractivity contribution is 0.217. The summed E-state index contributed by atoms with van der Waals surface area (Å²) < 4.78 is 5.45. The molecule has 0 aromatic heterocycles. The van der Waals surface area contributed by atoms with Crippen LogP contribution in [0.3, 0.4) is 0 Å². The predicted octanol–water partition coefficient (Wildman–Crippen LogP) is 2.84. The smallest absolute Gasteiger partial charge is 0.122 e. The van der Waals surface area contributed by atoms with E-state index in [1.165, 1.54) is 29.5 Å². The molecule has 0 aliphatic heterocycles. The van der Waals surface area contributed by atoms with Gasteiger partial charge >= 0.3 is 0 Å². The molecule has 0 heterocycles. The maximum absolute atomic E-state index is 9.54. The van der Waals surface area contributed by atoms with Crippen LogP contribution in [0.1, 0.15) is 43.4 Å². The highest BCUT2D eigenvalue weighted by Crippen LogP contribution is 2.37. The van der Waals surface area contributed by atoms with Crippen molar-refractivity contribution >= 4 is 0 Å². The van der Waals surface area contributed by atoms with E-state index >= 15 is 0 Å². The van der Waals surface area contributed by atoms with E-state index < -0.39 is 0 Å². The van der Waals surface area contributed by atoms with E-state index in [9.17, 15) is 5.11 Å². The van der Waals surface area contributed by atoms with Crippen molar-refractivity contribution in [2.75, 3.05) is 13.7 Å². The van der Waals surface area contributed by atoms with Gasteiger partial charge in [0.05, 0.1) is 13.7 Å². The first-order valence-electron chi connectivity index (χ1n) is 6.40. The Morgan fingerprint density at radius 3 is 2.41 bits per heavy atom. The van der Waals surface area contributed by atoms with E-state index in [4.69, 9.17) is 4.74 Å². The quantitative estimate of drug-likeness (QED) is 0.871. The number of hydrogen-bond acceptors (Lipinski definition) is 2. The Balaban J connectivity index is 2.55. The summed E-state index contributed by atoms with van der Waals surface area (Å²) in [5.74, 6) is 1.01. The lowest BCUT2D eigenvalue weighted by Gasteiger charge is -2.30. The maximum Gasteiger partial charge on any atom is 0.122 e. The Morgan fingerprint density at radius 1 is 1.18 bits per heavy atom. The number of aliphatic hydroxyl groups is 1. The van der Waals surface area contributed by atoms with Crippen molar-refractivity contribution in [1.82, 2.24) is 0 Å². The van der Waals surface area contributed by atoms with Crippen molar-refractivity contribution < 1.29 is 9.84 Å².